The summed E-state index contributed by atoms with van der Waals surface area (Å²) in [5.41, 5.74) is 1.35. The Hall–Kier alpha value is -1.36. The van der Waals surface area contributed by atoms with Crippen LogP contribution in [0.2, 0.25) is 10.0 Å². The second-order valence-corrected chi connectivity index (χ2v) is 6.65. The first kappa shape index (κ1) is 13.3. The molecule has 0 aliphatic carbocycles. The minimum atomic E-state index is -0.533. The van der Waals surface area contributed by atoms with Gasteiger partial charge in [0.15, 0.2) is 0 Å². The second kappa shape index (κ2) is 4.09. The van der Waals surface area contributed by atoms with E-state index in [-0.39, 0.29) is 17.9 Å². The lowest BCUT2D eigenvalue weighted by molar-refractivity contribution is -0.00959. The van der Waals surface area contributed by atoms with E-state index in [0.717, 1.165) is 12.8 Å². The number of nitrogens with zero attached hydrogens (tertiary/aromatic N) is 1. The highest BCUT2D eigenvalue weighted by Crippen LogP contribution is 2.61. The molecule has 2 aliphatic rings. The third kappa shape index (κ3) is 1.67. The summed E-state index contributed by atoms with van der Waals surface area (Å²) < 4.78 is 7.26. The Labute approximate surface area is 131 Å². The Bertz CT molecular complexity index is 751. The first-order chi connectivity index (χ1) is 9.90. The van der Waals surface area contributed by atoms with Crippen LogP contribution in [0.5, 0.6) is 11.8 Å². The third-order valence-electron chi connectivity index (χ3n) is 4.40. The van der Waals surface area contributed by atoms with Gasteiger partial charge < -0.3 is 14.9 Å². The molecule has 0 unspecified atom stereocenters. The number of aromatic hydroxyl groups is 2. The van der Waals surface area contributed by atoms with E-state index in [4.69, 9.17) is 27.9 Å². The molecule has 0 spiro atoms. The largest absolute Gasteiger partial charge is 0.494 e. The molecule has 1 aromatic carbocycles. The molecule has 6 heteroatoms. The van der Waals surface area contributed by atoms with Gasteiger partial charge in [0.1, 0.15) is 0 Å². The average molecular weight is 326 g/mol. The lowest BCUT2D eigenvalue weighted by Crippen LogP contribution is -2.16. The van der Waals surface area contributed by atoms with Gasteiger partial charge in [-0.2, -0.15) is 0 Å². The topological polar surface area (TPSA) is 54.6 Å². The van der Waals surface area contributed by atoms with E-state index in [1.54, 1.807) is 18.2 Å². The van der Waals surface area contributed by atoms with Gasteiger partial charge >= 0.3 is 0 Å². The van der Waals surface area contributed by atoms with Crippen LogP contribution >= 0.6 is 23.2 Å². The van der Waals surface area contributed by atoms with Crippen molar-refractivity contribution in [3.8, 4) is 17.4 Å². The smallest absolute Gasteiger partial charge is 0.205 e. The van der Waals surface area contributed by atoms with Crippen molar-refractivity contribution < 1.29 is 14.9 Å². The Balaban J connectivity index is 1.99. The van der Waals surface area contributed by atoms with Crippen LogP contribution in [0.4, 0.5) is 0 Å². The summed E-state index contributed by atoms with van der Waals surface area (Å²) in [6.45, 7) is 1.94. The predicted molar refractivity (Wildman–Crippen MR) is 79.5 cm³/mol. The van der Waals surface area contributed by atoms with Crippen LogP contribution in [-0.2, 0) is 10.3 Å². The molecule has 1 fully saturated rings. The molecule has 21 heavy (non-hydrogen) atoms. The SMILES string of the molecule is C[C@@]12CC[C@@H](O1)c1c2c(O)n(-c2cc(Cl)cc(Cl)c2)c1O. The molecule has 4 rings (SSSR count). The zero-order valence-electron chi connectivity index (χ0n) is 11.2. The summed E-state index contributed by atoms with van der Waals surface area (Å²) in [6, 6.07) is 4.90. The molecule has 2 N–H and O–H groups in total. The molecule has 0 radical (unpaired) electrons. The van der Waals surface area contributed by atoms with Gasteiger partial charge in [-0.1, -0.05) is 23.2 Å². The molecule has 2 aliphatic heterocycles. The molecule has 1 aromatic heterocycles. The summed E-state index contributed by atoms with van der Waals surface area (Å²) in [5.74, 6) is -0.0141. The highest BCUT2D eigenvalue weighted by Gasteiger charge is 2.53. The number of hydrogen-bond acceptors (Lipinski definition) is 3. The van der Waals surface area contributed by atoms with Crippen LogP contribution in [0.25, 0.3) is 5.69 Å². The van der Waals surface area contributed by atoms with Crippen LogP contribution in [0.15, 0.2) is 18.2 Å². The van der Waals surface area contributed by atoms with Crippen molar-refractivity contribution in [1.82, 2.24) is 4.57 Å². The minimum absolute atomic E-state index is 0.00532. The van der Waals surface area contributed by atoms with Gasteiger partial charge in [-0.25, -0.2) is 0 Å². The quantitative estimate of drug-likeness (QED) is 0.822. The average Bonchev–Trinajstić information content (AvgIpc) is 2.98. The van der Waals surface area contributed by atoms with Gasteiger partial charge in [-0.3, -0.25) is 4.57 Å². The standard InChI is InChI=1S/C15H13Cl2NO3/c1-15-3-2-10(21-15)11-12(15)14(20)18(13(11)19)9-5-7(16)4-8(17)6-9/h4-6,10,19-20H,2-3H2,1H3/t10-,15+/m1/s1. The minimum Gasteiger partial charge on any atom is -0.494 e. The molecule has 1 saturated heterocycles. The zero-order chi connectivity index (χ0) is 14.9. The molecule has 2 bridgehead atoms. The maximum atomic E-state index is 10.6. The molecule has 2 aromatic rings. The van der Waals surface area contributed by atoms with Gasteiger partial charge in [-0.05, 0) is 38.0 Å². The molecular formula is C15H13Cl2NO3. The fraction of sp³-hybridized carbons (Fsp3) is 0.333. The molecule has 3 heterocycles. The highest BCUT2D eigenvalue weighted by atomic mass is 35.5. The van der Waals surface area contributed by atoms with Crippen LogP contribution in [0.1, 0.15) is 37.0 Å². The van der Waals surface area contributed by atoms with Gasteiger partial charge in [-0.15, -0.1) is 0 Å². The summed E-state index contributed by atoms with van der Waals surface area (Å²) in [4.78, 5) is 0. The third-order valence-corrected chi connectivity index (χ3v) is 4.84. The lowest BCUT2D eigenvalue weighted by Gasteiger charge is -2.19. The number of aromatic nitrogens is 1. The van der Waals surface area contributed by atoms with Crippen molar-refractivity contribution in [3.63, 3.8) is 0 Å². The Morgan fingerprint density at radius 1 is 1.19 bits per heavy atom. The van der Waals surface area contributed by atoms with Gasteiger partial charge in [0.2, 0.25) is 11.8 Å². The van der Waals surface area contributed by atoms with E-state index < -0.39 is 5.60 Å². The predicted octanol–water partition coefficient (Wildman–Crippen LogP) is 4.28. The van der Waals surface area contributed by atoms with E-state index in [1.807, 2.05) is 6.92 Å². The van der Waals surface area contributed by atoms with Crippen molar-refractivity contribution in [2.75, 3.05) is 0 Å². The van der Waals surface area contributed by atoms with Crippen LogP contribution in [-0.4, -0.2) is 14.8 Å². The van der Waals surface area contributed by atoms with E-state index in [0.29, 0.717) is 26.9 Å². The lowest BCUT2D eigenvalue weighted by atomic mass is 9.86. The maximum absolute atomic E-state index is 10.6. The number of benzene rings is 1. The molecule has 0 saturated carbocycles. The number of ether oxygens (including phenoxy) is 1. The fourth-order valence-corrected chi connectivity index (χ4v) is 4.04. The zero-order valence-corrected chi connectivity index (χ0v) is 12.7. The summed E-state index contributed by atoms with van der Waals surface area (Å²) in [5, 5.41) is 22.0. The Morgan fingerprint density at radius 3 is 2.48 bits per heavy atom. The molecular weight excluding hydrogens is 313 g/mol. The Morgan fingerprint density at radius 2 is 1.86 bits per heavy atom. The van der Waals surface area contributed by atoms with Crippen molar-refractivity contribution in [2.24, 2.45) is 0 Å². The summed E-state index contributed by atoms with van der Waals surface area (Å²) in [6.07, 6.45) is 1.52. The first-order valence-corrected chi connectivity index (χ1v) is 7.47. The van der Waals surface area contributed by atoms with Gasteiger partial charge in [0.25, 0.3) is 0 Å². The van der Waals surface area contributed by atoms with Gasteiger partial charge in [0.05, 0.1) is 28.5 Å². The monoisotopic (exact) mass is 325 g/mol. The van der Waals surface area contributed by atoms with Crippen molar-refractivity contribution >= 4 is 23.2 Å². The number of rotatable bonds is 1. The number of halogens is 2. The van der Waals surface area contributed by atoms with E-state index in [1.165, 1.54) is 4.57 Å². The molecule has 4 nitrogen and oxygen atoms in total. The molecule has 110 valence electrons. The van der Waals surface area contributed by atoms with E-state index >= 15 is 0 Å². The second-order valence-electron chi connectivity index (χ2n) is 5.77. The molecule has 2 atom stereocenters. The van der Waals surface area contributed by atoms with Crippen LogP contribution < -0.4 is 0 Å². The van der Waals surface area contributed by atoms with E-state index in [2.05, 4.69) is 0 Å². The van der Waals surface area contributed by atoms with E-state index in [9.17, 15) is 10.2 Å². The van der Waals surface area contributed by atoms with Gasteiger partial charge in [0, 0.05) is 10.0 Å². The molecule has 0 amide bonds. The summed E-state index contributed by atoms with van der Waals surface area (Å²) in [7, 11) is 0. The summed E-state index contributed by atoms with van der Waals surface area (Å²) >= 11 is 12.0. The van der Waals surface area contributed by atoms with Crippen molar-refractivity contribution in [2.45, 2.75) is 31.5 Å². The van der Waals surface area contributed by atoms with Crippen molar-refractivity contribution in [1.29, 1.82) is 0 Å². The van der Waals surface area contributed by atoms with Crippen molar-refractivity contribution in [3.05, 3.63) is 39.4 Å². The number of fused-ring (bicyclic) bond motifs is 5. The maximum Gasteiger partial charge on any atom is 0.205 e. The van der Waals surface area contributed by atoms with Crippen LogP contribution in [0, 0.1) is 0 Å². The van der Waals surface area contributed by atoms with Crippen LogP contribution in [0.3, 0.4) is 0 Å². The number of hydrogen-bond donors (Lipinski definition) is 2. The Kier molecular flexibility index (Phi) is 2.60. The highest BCUT2D eigenvalue weighted by molar-refractivity contribution is 6.34. The fourth-order valence-electron chi connectivity index (χ4n) is 3.53. The first-order valence-electron chi connectivity index (χ1n) is 6.72. The normalized spacial score (nSPS) is 26.3.